The number of hydrogen-bond donors (Lipinski definition) is 2. The molecule has 43 heavy (non-hydrogen) atoms. The maximum Gasteiger partial charge on any atom is 0.421 e. The Labute approximate surface area is 248 Å². The van der Waals surface area contributed by atoms with Crippen LogP contribution in [0.25, 0.3) is 0 Å². The number of methoxy groups -OCH3 is 3. The van der Waals surface area contributed by atoms with Crippen molar-refractivity contribution >= 4 is 37.4 Å². The highest BCUT2D eigenvalue weighted by Gasteiger charge is 2.36. The van der Waals surface area contributed by atoms with Gasteiger partial charge in [-0.1, -0.05) is 18.2 Å². The Hall–Kier alpha value is -3.55. The molecule has 2 N–H and O–H groups in total. The number of carbonyl (C=O) groups is 1. The number of halogens is 3. The average molecular weight is 624 g/mol. The molecule has 0 atom stereocenters. The fraction of sp³-hybridized carbons (Fsp3) is 0.393. The van der Waals surface area contributed by atoms with Crippen LogP contribution >= 0.6 is 8.38 Å². The van der Waals surface area contributed by atoms with Crippen LogP contribution in [0.4, 0.5) is 36.3 Å². The fourth-order valence-corrected chi connectivity index (χ4v) is 5.57. The van der Waals surface area contributed by atoms with Crippen LogP contribution in [-0.4, -0.2) is 75.6 Å². The Morgan fingerprint density at radius 2 is 1.70 bits per heavy atom. The minimum atomic E-state index is -4.74. The van der Waals surface area contributed by atoms with Gasteiger partial charge in [0.05, 0.1) is 50.5 Å². The molecule has 15 heteroatoms. The van der Waals surface area contributed by atoms with Crippen molar-refractivity contribution in [3.05, 3.63) is 64.8 Å². The van der Waals surface area contributed by atoms with E-state index in [-0.39, 0.29) is 17.5 Å². The Kier molecular flexibility index (Phi) is 11.1. The Morgan fingerprint density at radius 3 is 2.35 bits per heavy atom. The minimum Gasteiger partial charge on any atom is -0.495 e. The van der Waals surface area contributed by atoms with Crippen LogP contribution in [0.5, 0.6) is 5.75 Å². The normalized spacial score (nSPS) is 13.0. The lowest BCUT2D eigenvalue weighted by molar-refractivity contribution is -0.137. The topological polar surface area (TPSA) is 116 Å². The van der Waals surface area contributed by atoms with Crippen LogP contribution in [-0.2, 0) is 37.4 Å². The van der Waals surface area contributed by atoms with Crippen molar-refractivity contribution in [1.82, 2.24) is 14.9 Å². The molecule has 0 saturated heterocycles. The van der Waals surface area contributed by atoms with E-state index >= 15 is 0 Å². The molecule has 11 nitrogen and oxygen atoms in total. The first kappa shape index (κ1) is 32.4. The Balaban J connectivity index is 1.57. The Morgan fingerprint density at radius 1 is 0.977 bits per heavy atom. The molecule has 0 spiro atoms. The van der Waals surface area contributed by atoms with Crippen molar-refractivity contribution in [2.45, 2.75) is 18.9 Å². The van der Waals surface area contributed by atoms with Crippen LogP contribution in [0.3, 0.4) is 0 Å². The third kappa shape index (κ3) is 8.30. The second kappa shape index (κ2) is 14.8. The zero-order chi connectivity index (χ0) is 31.0. The van der Waals surface area contributed by atoms with Gasteiger partial charge in [-0.25, -0.2) is 4.98 Å². The SMILES string of the molecule is COCCOP(Cc1ccc(Nc2ncc(C(F)(F)F)c(Nc3cccc4c3C(=O)N(C)C4)n2)c(OC)c1)OCCOC. The highest BCUT2D eigenvalue weighted by molar-refractivity contribution is 7.46. The number of alkyl halides is 3. The number of hydrogen-bond acceptors (Lipinski definition) is 10. The van der Waals surface area contributed by atoms with Crippen molar-refractivity contribution < 1.29 is 41.2 Å². The largest absolute Gasteiger partial charge is 0.495 e. The van der Waals surface area contributed by atoms with Gasteiger partial charge in [-0.2, -0.15) is 18.2 Å². The van der Waals surface area contributed by atoms with Crippen LogP contribution in [0, 0.1) is 0 Å². The van der Waals surface area contributed by atoms with Gasteiger partial charge in [-0.3, -0.25) is 4.79 Å². The van der Waals surface area contributed by atoms with Crippen molar-refractivity contribution in [1.29, 1.82) is 0 Å². The predicted molar refractivity (Wildman–Crippen MR) is 155 cm³/mol. The number of anilines is 4. The summed E-state index contributed by atoms with van der Waals surface area (Å²) in [6, 6.07) is 10.3. The number of aromatic nitrogens is 2. The number of nitrogens with zero attached hydrogens (tertiary/aromatic N) is 3. The van der Waals surface area contributed by atoms with Gasteiger partial charge in [0, 0.05) is 40.2 Å². The van der Waals surface area contributed by atoms with Gasteiger partial charge in [0.15, 0.2) is 8.38 Å². The molecule has 4 rings (SSSR count). The quantitative estimate of drug-likeness (QED) is 0.161. The van der Waals surface area contributed by atoms with E-state index in [2.05, 4.69) is 20.6 Å². The standard InChI is InChI=1S/C28H33F3N5O6P/c1-36-16-19-6-5-7-22(24(19)26(36)37)33-25-20(28(29,30)31)15-32-27(35-25)34-21-9-8-18(14-23(21)40-4)17-43(41-12-10-38-2)42-13-11-39-3/h5-9,14-15H,10-13,16-17H2,1-4H3,(H2,32,33,34,35). The van der Waals surface area contributed by atoms with Gasteiger partial charge in [0.1, 0.15) is 17.1 Å². The van der Waals surface area contributed by atoms with Crippen LogP contribution in [0.15, 0.2) is 42.6 Å². The first-order chi connectivity index (χ1) is 20.6. The zero-order valence-corrected chi connectivity index (χ0v) is 25.1. The van der Waals surface area contributed by atoms with Crippen molar-refractivity contribution in [3.63, 3.8) is 0 Å². The molecule has 0 bridgehead atoms. The van der Waals surface area contributed by atoms with Crippen LogP contribution in [0.1, 0.15) is 27.0 Å². The number of rotatable bonds is 15. The highest BCUT2D eigenvalue weighted by Crippen LogP contribution is 2.43. The molecular weight excluding hydrogens is 590 g/mol. The van der Waals surface area contributed by atoms with Gasteiger partial charge in [0.2, 0.25) is 5.95 Å². The molecule has 0 unspecified atom stereocenters. The summed E-state index contributed by atoms with van der Waals surface area (Å²) in [5.41, 5.74) is 1.44. The minimum absolute atomic E-state index is 0.106. The lowest BCUT2D eigenvalue weighted by atomic mass is 10.1. The van der Waals surface area contributed by atoms with E-state index in [0.717, 1.165) is 5.56 Å². The molecule has 0 saturated carbocycles. The first-order valence-electron chi connectivity index (χ1n) is 13.2. The van der Waals surface area contributed by atoms with Gasteiger partial charge >= 0.3 is 6.18 Å². The summed E-state index contributed by atoms with van der Waals surface area (Å²) < 4.78 is 69.1. The lowest BCUT2D eigenvalue weighted by Gasteiger charge is -2.19. The van der Waals surface area contributed by atoms with Crippen molar-refractivity contribution in [2.24, 2.45) is 0 Å². The smallest absolute Gasteiger partial charge is 0.421 e. The fourth-order valence-electron chi connectivity index (χ4n) is 4.26. The zero-order valence-electron chi connectivity index (χ0n) is 24.2. The summed E-state index contributed by atoms with van der Waals surface area (Å²) in [4.78, 5) is 22.2. The first-order valence-corrected chi connectivity index (χ1v) is 14.5. The Bertz CT molecular complexity index is 1400. The van der Waals surface area contributed by atoms with Crippen molar-refractivity contribution in [3.8, 4) is 5.75 Å². The molecule has 1 aliphatic rings. The monoisotopic (exact) mass is 623 g/mol. The molecule has 0 aliphatic carbocycles. The number of amides is 1. The second-order valence-electron chi connectivity index (χ2n) is 9.38. The summed E-state index contributed by atoms with van der Waals surface area (Å²) in [5, 5.41) is 5.67. The number of nitrogens with one attached hydrogen (secondary N) is 2. The van der Waals surface area contributed by atoms with Gasteiger partial charge in [-0.05, 0) is 29.3 Å². The van der Waals surface area contributed by atoms with E-state index < -0.39 is 25.9 Å². The summed E-state index contributed by atoms with van der Waals surface area (Å²) in [7, 11) is 4.98. The highest BCUT2D eigenvalue weighted by atomic mass is 31.2. The molecule has 2 aromatic carbocycles. The van der Waals surface area contributed by atoms with E-state index in [9.17, 15) is 18.0 Å². The number of benzene rings is 2. The van der Waals surface area contributed by atoms with E-state index in [1.165, 1.54) is 12.0 Å². The number of ether oxygens (including phenoxy) is 3. The maximum atomic E-state index is 13.9. The summed E-state index contributed by atoms with van der Waals surface area (Å²) in [6.45, 7) is 1.93. The molecule has 1 amide bonds. The summed E-state index contributed by atoms with van der Waals surface area (Å²) >= 11 is 0. The molecule has 0 fully saturated rings. The van der Waals surface area contributed by atoms with E-state index in [1.807, 2.05) is 6.07 Å². The predicted octanol–water partition coefficient (Wildman–Crippen LogP) is 5.71. The van der Waals surface area contributed by atoms with Gasteiger partial charge in [0.25, 0.3) is 5.91 Å². The summed E-state index contributed by atoms with van der Waals surface area (Å²) in [5.74, 6) is -0.483. The molecule has 0 radical (unpaired) electrons. The van der Waals surface area contributed by atoms with Gasteiger partial charge < -0.3 is 38.8 Å². The number of carbonyl (C=O) groups excluding carboxylic acids is 1. The average Bonchev–Trinajstić information content (AvgIpc) is 3.27. The lowest BCUT2D eigenvalue weighted by Crippen LogP contribution is -2.18. The summed E-state index contributed by atoms with van der Waals surface area (Å²) in [6.07, 6.45) is -3.59. The molecule has 1 aromatic heterocycles. The number of fused-ring (bicyclic) bond motifs is 1. The van der Waals surface area contributed by atoms with E-state index in [0.29, 0.717) is 67.9 Å². The van der Waals surface area contributed by atoms with Crippen molar-refractivity contribution in [2.75, 3.05) is 65.4 Å². The van der Waals surface area contributed by atoms with E-state index in [1.54, 1.807) is 51.6 Å². The maximum absolute atomic E-state index is 13.9. The molecular formula is C28H33F3N5O6P. The molecule has 232 valence electrons. The van der Waals surface area contributed by atoms with Crippen LogP contribution in [0.2, 0.25) is 0 Å². The van der Waals surface area contributed by atoms with E-state index in [4.69, 9.17) is 23.3 Å². The van der Waals surface area contributed by atoms with Gasteiger partial charge in [-0.15, -0.1) is 0 Å². The molecule has 2 heterocycles. The third-order valence-electron chi connectivity index (χ3n) is 6.34. The molecule has 1 aliphatic heterocycles. The molecule has 3 aromatic rings. The van der Waals surface area contributed by atoms with Crippen LogP contribution < -0.4 is 15.4 Å². The third-order valence-corrected chi connectivity index (χ3v) is 7.90. The second-order valence-corrected chi connectivity index (χ2v) is 10.9.